The Labute approximate surface area is 113 Å². The number of hydrogen-bond donors (Lipinski definition) is 1. The average Bonchev–Trinajstić information content (AvgIpc) is 2.37. The fourth-order valence-corrected chi connectivity index (χ4v) is 3.50. The first kappa shape index (κ1) is 14.3. The van der Waals surface area contributed by atoms with Gasteiger partial charge in [0.1, 0.15) is 0 Å². The van der Waals surface area contributed by atoms with Crippen molar-refractivity contribution in [2.45, 2.75) is 77.4 Å². The molecule has 106 valence electrons. The lowest BCUT2D eigenvalue weighted by molar-refractivity contribution is -0.0689. The van der Waals surface area contributed by atoms with Gasteiger partial charge in [0.05, 0.1) is 6.10 Å². The minimum Gasteiger partial charge on any atom is -0.378 e. The second kappa shape index (κ2) is 6.38. The highest BCUT2D eigenvalue weighted by molar-refractivity contribution is 4.85. The van der Waals surface area contributed by atoms with Crippen LogP contribution in [0.2, 0.25) is 0 Å². The third-order valence-corrected chi connectivity index (χ3v) is 4.50. The summed E-state index contributed by atoms with van der Waals surface area (Å²) in [5.74, 6) is 1.58. The molecule has 2 fully saturated rings. The third kappa shape index (κ3) is 4.24. The number of rotatable bonds is 3. The first-order valence-corrected chi connectivity index (χ1v) is 7.93. The van der Waals surface area contributed by atoms with E-state index in [2.05, 4.69) is 26.1 Å². The zero-order valence-corrected chi connectivity index (χ0v) is 12.5. The van der Waals surface area contributed by atoms with Crippen molar-refractivity contribution in [2.75, 3.05) is 13.2 Å². The van der Waals surface area contributed by atoms with Gasteiger partial charge in [0.2, 0.25) is 0 Å². The molecule has 0 spiro atoms. The molecule has 18 heavy (non-hydrogen) atoms. The summed E-state index contributed by atoms with van der Waals surface area (Å²) in [6.45, 7) is 8.89. The van der Waals surface area contributed by atoms with Crippen molar-refractivity contribution in [1.82, 2.24) is 5.32 Å². The summed E-state index contributed by atoms with van der Waals surface area (Å²) in [4.78, 5) is 0. The Morgan fingerprint density at radius 2 is 1.72 bits per heavy atom. The van der Waals surface area contributed by atoms with Crippen LogP contribution in [0.15, 0.2) is 0 Å². The van der Waals surface area contributed by atoms with Crippen LogP contribution in [0.4, 0.5) is 0 Å². The number of nitrogens with one attached hydrogen (secondary N) is 1. The fourth-order valence-electron chi connectivity index (χ4n) is 3.50. The van der Waals surface area contributed by atoms with Gasteiger partial charge in [-0.2, -0.15) is 0 Å². The molecule has 0 aromatic heterocycles. The molecular weight excluding hydrogens is 222 g/mol. The van der Waals surface area contributed by atoms with E-state index in [1.807, 2.05) is 0 Å². The second-order valence-electron chi connectivity index (χ2n) is 7.27. The van der Waals surface area contributed by atoms with Gasteiger partial charge in [-0.15, -0.1) is 0 Å². The van der Waals surface area contributed by atoms with Crippen molar-refractivity contribution in [3.8, 4) is 0 Å². The summed E-state index contributed by atoms with van der Waals surface area (Å²) >= 11 is 0. The molecule has 1 heterocycles. The van der Waals surface area contributed by atoms with Gasteiger partial charge in [-0.1, -0.05) is 19.3 Å². The van der Waals surface area contributed by atoms with Gasteiger partial charge in [0.15, 0.2) is 0 Å². The molecule has 0 radical (unpaired) electrons. The van der Waals surface area contributed by atoms with Crippen molar-refractivity contribution in [3.05, 3.63) is 0 Å². The first-order valence-electron chi connectivity index (χ1n) is 7.93. The summed E-state index contributed by atoms with van der Waals surface area (Å²) in [5, 5.41) is 3.68. The first-order chi connectivity index (χ1) is 8.56. The van der Waals surface area contributed by atoms with E-state index in [9.17, 15) is 0 Å². The van der Waals surface area contributed by atoms with E-state index in [0.29, 0.717) is 6.10 Å². The lowest BCUT2D eigenvalue weighted by atomic mass is 9.78. The van der Waals surface area contributed by atoms with E-state index in [1.165, 1.54) is 44.9 Å². The van der Waals surface area contributed by atoms with Crippen molar-refractivity contribution in [1.29, 1.82) is 0 Å². The SMILES string of the molecule is CC(C)(C)NCC1CCCOC1C1CCCCC1. The lowest BCUT2D eigenvalue weighted by Gasteiger charge is -2.40. The normalized spacial score (nSPS) is 31.5. The van der Waals surface area contributed by atoms with Crippen molar-refractivity contribution in [3.63, 3.8) is 0 Å². The Hall–Kier alpha value is -0.0800. The summed E-state index contributed by atoms with van der Waals surface area (Å²) < 4.78 is 6.16. The summed E-state index contributed by atoms with van der Waals surface area (Å²) in [6.07, 6.45) is 10.2. The summed E-state index contributed by atoms with van der Waals surface area (Å²) in [6, 6.07) is 0. The molecule has 2 atom stereocenters. The molecular formula is C16H31NO. The van der Waals surface area contributed by atoms with E-state index in [-0.39, 0.29) is 5.54 Å². The monoisotopic (exact) mass is 253 g/mol. The third-order valence-electron chi connectivity index (χ3n) is 4.50. The Balaban J connectivity index is 1.88. The Morgan fingerprint density at radius 1 is 1.00 bits per heavy atom. The van der Waals surface area contributed by atoms with Crippen LogP contribution < -0.4 is 5.32 Å². The number of hydrogen-bond acceptors (Lipinski definition) is 2. The lowest BCUT2D eigenvalue weighted by Crippen LogP contribution is -2.46. The van der Waals surface area contributed by atoms with Crippen LogP contribution in [0.1, 0.15) is 65.7 Å². The van der Waals surface area contributed by atoms with Crippen LogP contribution >= 0.6 is 0 Å². The molecule has 1 aliphatic carbocycles. The van der Waals surface area contributed by atoms with Gasteiger partial charge in [-0.3, -0.25) is 0 Å². The topological polar surface area (TPSA) is 21.3 Å². The zero-order chi connectivity index (χ0) is 13.0. The van der Waals surface area contributed by atoms with Gasteiger partial charge in [-0.25, -0.2) is 0 Å². The average molecular weight is 253 g/mol. The van der Waals surface area contributed by atoms with E-state index in [0.717, 1.165) is 25.0 Å². The van der Waals surface area contributed by atoms with Crippen LogP contribution in [0, 0.1) is 11.8 Å². The van der Waals surface area contributed by atoms with Crippen LogP contribution in [0.25, 0.3) is 0 Å². The van der Waals surface area contributed by atoms with E-state index in [1.54, 1.807) is 0 Å². The highest BCUT2D eigenvalue weighted by Gasteiger charge is 2.33. The second-order valence-corrected chi connectivity index (χ2v) is 7.27. The Bertz CT molecular complexity index is 240. The van der Waals surface area contributed by atoms with E-state index >= 15 is 0 Å². The molecule has 2 rings (SSSR count). The molecule has 1 saturated carbocycles. The predicted octanol–water partition coefficient (Wildman–Crippen LogP) is 3.75. The quantitative estimate of drug-likeness (QED) is 0.827. The highest BCUT2D eigenvalue weighted by Crippen LogP contribution is 2.35. The Morgan fingerprint density at radius 3 is 2.39 bits per heavy atom. The van der Waals surface area contributed by atoms with E-state index in [4.69, 9.17) is 4.74 Å². The molecule has 0 aromatic rings. The predicted molar refractivity (Wildman–Crippen MR) is 76.8 cm³/mol. The molecule has 1 N–H and O–H groups in total. The van der Waals surface area contributed by atoms with Gasteiger partial charge < -0.3 is 10.1 Å². The van der Waals surface area contributed by atoms with Crippen molar-refractivity contribution >= 4 is 0 Å². The van der Waals surface area contributed by atoms with Gasteiger partial charge in [0.25, 0.3) is 0 Å². The smallest absolute Gasteiger partial charge is 0.0643 e. The Kier molecular flexibility index (Phi) is 5.08. The molecule has 0 bridgehead atoms. The molecule has 1 aliphatic heterocycles. The fraction of sp³-hybridized carbons (Fsp3) is 1.00. The number of ether oxygens (including phenoxy) is 1. The molecule has 0 amide bonds. The molecule has 2 unspecified atom stereocenters. The van der Waals surface area contributed by atoms with Crippen LogP contribution in [-0.4, -0.2) is 24.8 Å². The summed E-state index contributed by atoms with van der Waals surface area (Å²) in [7, 11) is 0. The maximum Gasteiger partial charge on any atom is 0.0643 e. The molecule has 2 nitrogen and oxygen atoms in total. The zero-order valence-electron chi connectivity index (χ0n) is 12.5. The largest absolute Gasteiger partial charge is 0.378 e. The van der Waals surface area contributed by atoms with Crippen LogP contribution in [-0.2, 0) is 4.74 Å². The van der Waals surface area contributed by atoms with Crippen LogP contribution in [0.5, 0.6) is 0 Å². The van der Waals surface area contributed by atoms with Gasteiger partial charge in [0, 0.05) is 18.7 Å². The highest BCUT2D eigenvalue weighted by atomic mass is 16.5. The maximum absolute atomic E-state index is 6.16. The molecule has 2 aliphatic rings. The van der Waals surface area contributed by atoms with Crippen molar-refractivity contribution in [2.24, 2.45) is 11.8 Å². The molecule has 1 saturated heterocycles. The maximum atomic E-state index is 6.16. The van der Waals surface area contributed by atoms with Crippen LogP contribution in [0.3, 0.4) is 0 Å². The molecule has 2 heteroatoms. The minimum atomic E-state index is 0.231. The summed E-state index contributed by atoms with van der Waals surface area (Å²) in [5.41, 5.74) is 0.231. The van der Waals surface area contributed by atoms with E-state index < -0.39 is 0 Å². The minimum absolute atomic E-state index is 0.231. The van der Waals surface area contributed by atoms with Gasteiger partial charge >= 0.3 is 0 Å². The molecule has 0 aromatic carbocycles. The standard InChI is InChI=1S/C16H31NO/c1-16(2,3)17-12-14-10-7-11-18-15(14)13-8-5-4-6-9-13/h13-15,17H,4-12H2,1-3H3. The van der Waals surface area contributed by atoms with Gasteiger partial charge in [-0.05, 0) is 58.3 Å². The van der Waals surface area contributed by atoms with Crippen molar-refractivity contribution < 1.29 is 4.74 Å².